The topological polar surface area (TPSA) is 37.3 Å². The number of carboxylic acids is 1. The first-order valence-electron chi connectivity index (χ1n) is 4.56. The van der Waals surface area contributed by atoms with E-state index in [-0.39, 0.29) is 12.4 Å². The van der Waals surface area contributed by atoms with E-state index in [2.05, 4.69) is 0 Å². The molecular formula is C12H11ClO2S. The number of carbonyl (C=O) groups is 1. The fourth-order valence-corrected chi connectivity index (χ4v) is 2.57. The minimum Gasteiger partial charge on any atom is -0.478 e. The Morgan fingerprint density at radius 1 is 1.38 bits per heavy atom. The molecule has 0 spiro atoms. The summed E-state index contributed by atoms with van der Waals surface area (Å²) in [6.07, 6.45) is 1.24. The molecule has 1 N–H and O–H groups in total. The zero-order chi connectivity index (χ0) is 10.8. The zero-order valence-corrected chi connectivity index (χ0v) is 10.3. The summed E-state index contributed by atoms with van der Waals surface area (Å²) < 4.78 is 1.19. The number of hydrogen-bond acceptors (Lipinski definition) is 2. The Bertz CT molecular complexity index is 543. The van der Waals surface area contributed by atoms with Crippen LogP contribution in [0.25, 0.3) is 15.7 Å². The second-order valence-electron chi connectivity index (χ2n) is 3.31. The zero-order valence-electron chi connectivity index (χ0n) is 8.64. The van der Waals surface area contributed by atoms with Crippen LogP contribution in [-0.2, 0) is 4.79 Å². The third-order valence-electron chi connectivity index (χ3n) is 2.25. The van der Waals surface area contributed by atoms with Gasteiger partial charge in [0.2, 0.25) is 0 Å². The van der Waals surface area contributed by atoms with Gasteiger partial charge in [-0.2, -0.15) is 0 Å². The maximum atomic E-state index is 10.6. The third-order valence-corrected chi connectivity index (χ3v) is 3.21. The lowest BCUT2D eigenvalue weighted by molar-refractivity contribution is -0.131. The van der Waals surface area contributed by atoms with Crippen LogP contribution in [0.3, 0.4) is 0 Å². The van der Waals surface area contributed by atoms with Gasteiger partial charge in [0.05, 0.1) is 0 Å². The molecule has 0 atom stereocenters. The van der Waals surface area contributed by atoms with Crippen LogP contribution in [-0.4, -0.2) is 11.1 Å². The number of carboxylic acid groups (broad SMARTS) is 1. The highest BCUT2D eigenvalue weighted by molar-refractivity contribution is 7.17. The van der Waals surface area contributed by atoms with Crippen molar-refractivity contribution >= 4 is 45.4 Å². The van der Waals surface area contributed by atoms with Crippen LogP contribution >= 0.6 is 23.7 Å². The SMILES string of the molecule is CC(=CC(=O)O)c1csc2ccccc12.Cl. The standard InChI is InChI=1S/C12H10O2S.ClH/c1-8(6-12(13)14)10-7-15-11-5-3-2-4-9(10)11;/h2-7H,1H3,(H,13,14);1H. The Morgan fingerprint density at radius 3 is 2.75 bits per heavy atom. The lowest BCUT2D eigenvalue weighted by Gasteiger charge is -1.97. The molecule has 0 aliphatic heterocycles. The van der Waals surface area contributed by atoms with Gasteiger partial charge in [0.25, 0.3) is 0 Å². The van der Waals surface area contributed by atoms with E-state index in [4.69, 9.17) is 5.11 Å². The van der Waals surface area contributed by atoms with Gasteiger partial charge < -0.3 is 5.11 Å². The molecule has 1 heterocycles. The monoisotopic (exact) mass is 254 g/mol. The minimum atomic E-state index is -0.900. The van der Waals surface area contributed by atoms with E-state index < -0.39 is 5.97 Å². The average Bonchev–Trinajstić information content (AvgIpc) is 2.59. The first-order valence-corrected chi connectivity index (χ1v) is 5.44. The highest BCUT2D eigenvalue weighted by Gasteiger charge is 2.05. The van der Waals surface area contributed by atoms with Gasteiger partial charge >= 0.3 is 5.97 Å². The van der Waals surface area contributed by atoms with Crippen LogP contribution < -0.4 is 0 Å². The van der Waals surface area contributed by atoms with E-state index >= 15 is 0 Å². The molecule has 2 nitrogen and oxygen atoms in total. The molecule has 0 radical (unpaired) electrons. The lowest BCUT2D eigenvalue weighted by Crippen LogP contribution is -1.89. The second kappa shape index (κ2) is 5.14. The van der Waals surface area contributed by atoms with Crippen molar-refractivity contribution in [2.45, 2.75) is 6.92 Å². The molecule has 2 rings (SSSR count). The fraction of sp³-hybridized carbons (Fsp3) is 0.0833. The number of hydrogen-bond donors (Lipinski definition) is 1. The summed E-state index contributed by atoms with van der Waals surface area (Å²) in [6.45, 7) is 1.82. The number of thiophene rings is 1. The van der Waals surface area contributed by atoms with Crippen LogP contribution in [0, 0.1) is 0 Å². The maximum Gasteiger partial charge on any atom is 0.328 e. The molecule has 0 bridgehead atoms. The Labute approximate surface area is 104 Å². The van der Waals surface area contributed by atoms with E-state index in [1.807, 2.05) is 36.6 Å². The number of aliphatic carboxylic acids is 1. The van der Waals surface area contributed by atoms with Crippen molar-refractivity contribution < 1.29 is 9.90 Å². The largest absolute Gasteiger partial charge is 0.478 e. The van der Waals surface area contributed by atoms with Crippen molar-refractivity contribution in [1.29, 1.82) is 0 Å². The predicted molar refractivity (Wildman–Crippen MR) is 70.4 cm³/mol. The summed E-state index contributed by atoms with van der Waals surface area (Å²) in [5, 5.41) is 11.8. The molecule has 16 heavy (non-hydrogen) atoms. The number of rotatable bonds is 2. The van der Waals surface area contributed by atoms with Gasteiger partial charge in [-0.25, -0.2) is 4.79 Å². The number of halogens is 1. The Kier molecular flexibility index (Phi) is 4.10. The summed E-state index contributed by atoms with van der Waals surface area (Å²) in [6, 6.07) is 8.00. The van der Waals surface area contributed by atoms with Gasteiger partial charge in [-0.1, -0.05) is 18.2 Å². The van der Waals surface area contributed by atoms with E-state index in [1.165, 1.54) is 10.8 Å². The normalized spacial score (nSPS) is 11.2. The summed E-state index contributed by atoms with van der Waals surface area (Å²) >= 11 is 1.64. The summed E-state index contributed by atoms with van der Waals surface area (Å²) in [5.74, 6) is -0.900. The highest BCUT2D eigenvalue weighted by Crippen LogP contribution is 2.30. The highest BCUT2D eigenvalue weighted by atomic mass is 35.5. The molecule has 0 aliphatic carbocycles. The minimum absolute atomic E-state index is 0. The van der Waals surface area contributed by atoms with Crippen LogP contribution in [0.4, 0.5) is 0 Å². The molecule has 0 saturated heterocycles. The summed E-state index contributed by atoms with van der Waals surface area (Å²) in [5.41, 5.74) is 1.80. The van der Waals surface area contributed by atoms with Crippen molar-refractivity contribution in [1.82, 2.24) is 0 Å². The van der Waals surface area contributed by atoms with E-state index in [9.17, 15) is 4.79 Å². The molecule has 0 amide bonds. The van der Waals surface area contributed by atoms with Gasteiger partial charge in [0.1, 0.15) is 0 Å². The van der Waals surface area contributed by atoms with E-state index in [0.717, 1.165) is 16.5 Å². The van der Waals surface area contributed by atoms with Crippen molar-refractivity contribution in [2.24, 2.45) is 0 Å². The quantitative estimate of drug-likeness (QED) is 0.828. The molecule has 1 aromatic carbocycles. The molecule has 0 aliphatic rings. The maximum absolute atomic E-state index is 10.6. The molecule has 0 saturated carbocycles. The van der Waals surface area contributed by atoms with Crippen molar-refractivity contribution in [3.8, 4) is 0 Å². The van der Waals surface area contributed by atoms with E-state index in [1.54, 1.807) is 11.3 Å². The Balaban J connectivity index is 0.00000128. The number of allylic oxidation sites excluding steroid dienone is 1. The van der Waals surface area contributed by atoms with E-state index in [0.29, 0.717) is 0 Å². The molecule has 2 aromatic rings. The van der Waals surface area contributed by atoms with Crippen LogP contribution in [0.5, 0.6) is 0 Å². The molecule has 84 valence electrons. The van der Waals surface area contributed by atoms with Gasteiger partial charge in [-0.15, -0.1) is 23.7 Å². The van der Waals surface area contributed by atoms with Crippen LogP contribution in [0.1, 0.15) is 12.5 Å². The van der Waals surface area contributed by atoms with Gasteiger partial charge in [-0.3, -0.25) is 0 Å². The predicted octanol–water partition coefficient (Wildman–Crippen LogP) is 3.81. The summed E-state index contributed by atoms with van der Waals surface area (Å²) in [7, 11) is 0. The average molecular weight is 255 g/mol. The molecular weight excluding hydrogens is 244 g/mol. The van der Waals surface area contributed by atoms with Gasteiger partial charge in [0.15, 0.2) is 0 Å². The third kappa shape index (κ3) is 2.43. The second-order valence-corrected chi connectivity index (χ2v) is 4.22. The van der Waals surface area contributed by atoms with Crippen molar-refractivity contribution in [2.75, 3.05) is 0 Å². The summed E-state index contributed by atoms with van der Waals surface area (Å²) in [4.78, 5) is 10.6. The molecule has 1 aromatic heterocycles. The fourth-order valence-electron chi connectivity index (χ4n) is 1.55. The van der Waals surface area contributed by atoms with Crippen LogP contribution in [0.15, 0.2) is 35.7 Å². The van der Waals surface area contributed by atoms with Crippen molar-refractivity contribution in [3.63, 3.8) is 0 Å². The Morgan fingerprint density at radius 2 is 2.06 bits per heavy atom. The molecule has 0 fully saturated rings. The first-order chi connectivity index (χ1) is 7.18. The smallest absolute Gasteiger partial charge is 0.328 e. The van der Waals surface area contributed by atoms with Crippen LogP contribution in [0.2, 0.25) is 0 Å². The number of benzene rings is 1. The molecule has 0 unspecified atom stereocenters. The van der Waals surface area contributed by atoms with Gasteiger partial charge in [-0.05, 0) is 34.9 Å². The molecule has 4 heteroatoms. The number of fused-ring (bicyclic) bond motifs is 1. The first kappa shape index (κ1) is 12.7. The Hall–Kier alpha value is -1.32. The van der Waals surface area contributed by atoms with Gasteiger partial charge in [0, 0.05) is 10.8 Å². The van der Waals surface area contributed by atoms with Crippen molar-refractivity contribution in [3.05, 3.63) is 41.3 Å². The lowest BCUT2D eigenvalue weighted by atomic mass is 10.1.